The van der Waals surface area contributed by atoms with Crippen LogP contribution in [0.4, 0.5) is 0 Å². The van der Waals surface area contributed by atoms with Gasteiger partial charge in [0.2, 0.25) is 5.11 Å². The molecular weight excluding hydrogens is 324 g/mol. The van der Waals surface area contributed by atoms with Crippen LogP contribution < -0.4 is 20.3 Å². The van der Waals surface area contributed by atoms with Crippen molar-refractivity contribution in [2.24, 2.45) is 10.2 Å². The Kier molecular flexibility index (Phi) is 6.73. The normalized spacial score (nSPS) is 10.8. The molecule has 124 valence electrons. The highest BCUT2D eigenvalue weighted by Gasteiger charge is 1.93. The molecule has 0 heterocycles. The molecule has 7 heteroatoms. The Morgan fingerprint density at radius 1 is 0.792 bits per heavy atom. The van der Waals surface area contributed by atoms with Gasteiger partial charge in [-0.3, -0.25) is 10.9 Å². The Labute approximate surface area is 146 Å². The molecule has 0 amide bonds. The summed E-state index contributed by atoms with van der Waals surface area (Å²) >= 11 is 5.07. The number of ether oxygens (including phenoxy) is 2. The summed E-state index contributed by atoms with van der Waals surface area (Å²) in [6, 6.07) is 15.0. The van der Waals surface area contributed by atoms with Gasteiger partial charge in [-0.05, 0) is 71.9 Å². The van der Waals surface area contributed by atoms with Gasteiger partial charge in [-0.15, -0.1) is 0 Å². The van der Waals surface area contributed by atoms with Crippen molar-refractivity contribution in [1.29, 1.82) is 0 Å². The summed E-state index contributed by atoms with van der Waals surface area (Å²) in [6.45, 7) is 0. The molecule has 0 aliphatic carbocycles. The number of thiocarbonyl (C=S) groups is 1. The Hall–Kier alpha value is -2.93. The van der Waals surface area contributed by atoms with Gasteiger partial charge in [0.05, 0.1) is 26.6 Å². The first-order chi connectivity index (χ1) is 11.7. The summed E-state index contributed by atoms with van der Waals surface area (Å²) in [5, 5.41) is 8.37. The van der Waals surface area contributed by atoms with Gasteiger partial charge in [0, 0.05) is 0 Å². The highest BCUT2D eigenvalue weighted by Crippen LogP contribution is 2.10. The van der Waals surface area contributed by atoms with E-state index in [-0.39, 0.29) is 0 Å². The number of nitrogens with one attached hydrogen (secondary N) is 2. The van der Waals surface area contributed by atoms with Gasteiger partial charge >= 0.3 is 0 Å². The lowest BCUT2D eigenvalue weighted by molar-refractivity contribution is 0.414. The minimum Gasteiger partial charge on any atom is -0.497 e. The van der Waals surface area contributed by atoms with Crippen LogP contribution in [0.3, 0.4) is 0 Å². The second-order valence-electron chi connectivity index (χ2n) is 4.62. The molecule has 0 fully saturated rings. The van der Waals surface area contributed by atoms with E-state index in [1.54, 1.807) is 26.6 Å². The second kappa shape index (κ2) is 9.26. The smallest absolute Gasteiger partial charge is 0.207 e. The average molecular weight is 342 g/mol. The van der Waals surface area contributed by atoms with Gasteiger partial charge in [-0.2, -0.15) is 10.2 Å². The first kappa shape index (κ1) is 17.4. The predicted octanol–water partition coefficient (Wildman–Crippen LogP) is 2.54. The van der Waals surface area contributed by atoms with Crippen molar-refractivity contribution < 1.29 is 9.47 Å². The third kappa shape index (κ3) is 5.69. The largest absolute Gasteiger partial charge is 0.497 e. The summed E-state index contributed by atoms with van der Waals surface area (Å²) in [6.07, 6.45) is 3.31. The maximum atomic E-state index is 5.09. The fourth-order valence-electron chi connectivity index (χ4n) is 1.74. The minimum atomic E-state index is 0.296. The van der Waals surface area contributed by atoms with Crippen molar-refractivity contribution in [1.82, 2.24) is 10.9 Å². The lowest BCUT2D eigenvalue weighted by Crippen LogP contribution is -2.28. The molecule has 0 atom stereocenters. The molecular formula is C17H18N4O2S. The van der Waals surface area contributed by atoms with Crippen molar-refractivity contribution in [3.63, 3.8) is 0 Å². The average Bonchev–Trinajstić information content (AvgIpc) is 2.63. The summed E-state index contributed by atoms with van der Waals surface area (Å²) < 4.78 is 10.2. The van der Waals surface area contributed by atoms with E-state index in [2.05, 4.69) is 21.1 Å². The molecule has 0 unspecified atom stereocenters. The molecule has 0 spiro atoms. The fourth-order valence-corrected chi connectivity index (χ4v) is 1.84. The van der Waals surface area contributed by atoms with Crippen molar-refractivity contribution in [3.05, 3.63) is 59.7 Å². The Morgan fingerprint density at radius 3 is 1.50 bits per heavy atom. The summed E-state index contributed by atoms with van der Waals surface area (Å²) in [4.78, 5) is 0. The standard InChI is InChI=1S/C17H18N4O2S/c1-22-15-7-3-13(4-8-15)11-18-20-17(24)21-19-12-14-5-9-16(23-2)10-6-14/h3-12H,1-2H3,(H2,20,21,24)/b18-11-,19-12-. The van der Waals surface area contributed by atoms with E-state index in [0.29, 0.717) is 5.11 Å². The Balaban J connectivity index is 1.77. The van der Waals surface area contributed by atoms with Crippen LogP contribution in [0.25, 0.3) is 0 Å². The molecule has 2 N–H and O–H groups in total. The molecule has 0 aromatic heterocycles. The first-order valence-corrected chi connectivity index (χ1v) is 7.52. The number of hydrogen-bond donors (Lipinski definition) is 2. The number of nitrogens with zero attached hydrogens (tertiary/aromatic N) is 2. The van der Waals surface area contributed by atoms with Gasteiger partial charge in [-0.1, -0.05) is 0 Å². The first-order valence-electron chi connectivity index (χ1n) is 7.11. The molecule has 24 heavy (non-hydrogen) atoms. The van der Waals surface area contributed by atoms with Crippen molar-refractivity contribution in [2.45, 2.75) is 0 Å². The number of rotatable bonds is 6. The van der Waals surface area contributed by atoms with Gasteiger partial charge in [-0.25, -0.2) is 0 Å². The van der Waals surface area contributed by atoms with E-state index >= 15 is 0 Å². The topological polar surface area (TPSA) is 67.2 Å². The Morgan fingerprint density at radius 2 is 1.17 bits per heavy atom. The van der Waals surface area contributed by atoms with Gasteiger partial charge < -0.3 is 9.47 Å². The molecule has 6 nitrogen and oxygen atoms in total. The zero-order valence-electron chi connectivity index (χ0n) is 13.4. The third-order valence-corrected chi connectivity index (χ3v) is 3.17. The molecule has 2 aromatic rings. The quantitative estimate of drug-likeness (QED) is 0.480. The van der Waals surface area contributed by atoms with Crippen molar-refractivity contribution in [2.75, 3.05) is 14.2 Å². The molecule has 0 saturated carbocycles. The molecule has 0 radical (unpaired) electrons. The SMILES string of the molecule is COc1ccc(/C=N\NC(=S)N/N=C\c2ccc(OC)cc2)cc1. The highest BCUT2D eigenvalue weighted by atomic mass is 32.1. The molecule has 0 aliphatic rings. The molecule has 0 saturated heterocycles. The number of hydrogen-bond acceptors (Lipinski definition) is 5. The zero-order valence-corrected chi connectivity index (χ0v) is 14.2. The molecule has 2 aromatic carbocycles. The number of methoxy groups -OCH3 is 2. The Bertz CT molecular complexity index is 651. The van der Waals surface area contributed by atoms with E-state index in [0.717, 1.165) is 22.6 Å². The number of hydrazone groups is 2. The van der Waals surface area contributed by atoms with Gasteiger partial charge in [0.15, 0.2) is 0 Å². The minimum absolute atomic E-state index is 0.296. The van der Waals surface area contributed by atoms with Crippen LogP contribution in [0.1, 0.15) is 11.1 Å². The van der Waals surface area contributed by atoms with Crippen LogP contribution in [0.5, 0.6) is 11.5 Å². The van der Waals surface area contributed by atoms with Crippen LogP contribution in [-0.2, 0) is 0 Å². The third-order valence-electron chi connectivity index (χ3n) is 2.99. The van der Waals surface area contributed by atoms with Crippen molar-refractivity contribution >= 4 is 29.8 Å². The van der Waals surface area contributed by atoms with E-state index < -0.39 is 0 Å². The lowest BCUT2D eigenvalue weighted by atomic mass is 10.2. The van der Waals surface area contributed by atoms with E-state index in [9.17, 15) is 0 Å². The van der Waals surface area contributed by atoms with Crippen LogP contribution in [0.15, 0.2) is 58.7 Å². The van der Waals surface area contributed by atoms with Crippen LogP contribution in [0.2, 0.25) is 0 Å². The highest BCUT2D eigenvalue weighted by molar-refractivity contribution is 7.80. The monoisotopic (exact) mass is 342 g/mol. The van der Waals surface area contributed by atoms with Gasteiger partial charge in [0.1, 0.15) is 11.5 Å². The van der Waals surface area contributed by atoms with Crippen LogP contribution in [0, 0.1) is 0 Å². The maximum absolute atomic E-state index is 5.09. The predicted molar refractivity (Wildman–Crippen MR) is 100 cm³/mol. The lowest BCUT2D eigenvalue weighted by Gasteiger charge is -2.02. The van der Waals surface area contributed by atoms with Gasteiger partial charge in [0.25, 0.3) is 0 Å². The second-order valence-corrected chi connectivity index (χ2v) is 5.02. The van der Waals surface area contributed by atoms with Crippen LogP contribution in [-0.4, -0.2) is 31.8 Å². The van der Waals surface area contributed by atoms with E-state index in [1.165, 1.54) is 0 Å². The van der Waals surface area contributed by atoms with Crippen molar-refractivity contribution in [3.8, 4) is 11.5 Å². The summed E-state index contributed by atoms with van der Waals surface area (Å²) in [5.41, 5.74) is 7.23. The molecule has 0 aliphatic heterocycles. The van der Waals surface area contributed by atoms with E-state index in [1.807, 2.05) is 48.5 Å². The summed E-state index contributed by atoms with van der Waals surface area (Å²) in [5.74, 6) is 1.59. The van der Waals surface area contributed by atoms with Crippen LogP contribution >= 0.6 is 12.2 Å². The molecule has 0 bridgehead atoms. The summed E-state index contributed by atoms with van der Waals surface area (Å²) in [7, 11) is 3.25. The maximum Gasteiger partial charge on any atom is 0.207 e. The zero-order chi connectivity index (χ0) is 17.2. The number of benzene rings is 2. The molecule has 2 rings (SSSR count). The fraction of sp³-hybridized carbons (Fsp3) is 0.118. The van der Waals surface area contributed by atoms with E-state index in [4.69, 9.17) is 21.7 Å².